The number of benzene rings is 2. The van der Waals surface area contributed by atoms with Crippen molar-refractivity contribution < 1.29 is 9.53 Å². The molecule has 0 N–H and O–H groups in total. The van der Waals surface area contributed by atoms with Crippen LogP contribution in [0.1, 0.15) is 30.5 Å². The number of carbonyl (C=O) groups excluding carboxylic acids is 1. The molecule has 1 aliphatic rings. The number of carbonyl (C=O) groups is 1. The molecule has 3 heteroatoms. The van der Waals surface area contributed by atoms with E-state index in [9.17, 15) is 4.79 Å². The normalized spacial score (nSPS) is 15.8. The summed E-state index contributed by atoms with van der Waals surface area (Å²) in [6, 6.07) is 15.6. The lowest BCUT2D eigenvalue weighted by Gasteiger charge is -2.06. The molecule has 0 unspecified atom stereocenters. The number of rotatable bonds is 4. The van der Waals surface area contributed by atoms with Gasteiger partial charge in [0.2, 0.25) is 0 Å². The van der Waals surface area contributed by atoms with Crippen molar-refractivity contribution in [3.05, 3.63) is 81.9 Å². The highest BCUT2D eigenvalue weighted by atomic mass is 35.5. The fraction of sp³-hybridized carbons (Fsp3) is 0.190. The smallest absolute Gasteiger partial charge is 0.343 e. The fourth-order valence-electron chi connectivity index (χ4n) is 2.67. The second kappa shape index (κ2) is 7.06. The van der Waals surface area contributed by atoms with E-state index in [4.69, 9.17) is 16.3 Å². The monoisotopic (exact) mass is 338 g/mol. The molecule has 2 nitrogen and oxygen atoms in total. The van der Waals surface area contributed by atoms with Crippen LogP contribution < -0.4 is 0 Å². The van der Waals surface area contributed by atoms with Crippen LogP contribution in [0, 0.1) is 5.92 Å². The molecule has 3 rings (SSSR count). The first kappa shape index (κ1) is 16.5. The summed E-state index contributed by atoms with van der Waals surface area (Å²) in [5.74, 6) is 0.843. The van der Waals surface area contributed by atoms with E-state index in [1.165, 1.54) is 5.56 Å². The van der Waals surface area contributed by atoms with Gasteiger partial charge >= 0.3 is 5.97 Å². The summed E-state index contributed by atoms with van der Waals surface area (Å²) < 4.78 is 5.40. The molecule has 0 atom stereocenters. The van der Waals surface area contributed by atoms with Crippen molar-refractivity contribution in [2.75, 3.05) is 0 Å². The summed E-state index contributed by atoms with van der Waals surface area (Å²) in [4.78, 5) is 12.1. The van der Waals surface area contributed by atoms with Crippen molar-refractivity contribution in [2.24, 2.45) is 5.92 Å². The molecule has 0 spiro atoms. The Labute approximate surface area is 147 Å². The van der Waals surface area contributed by atoms with Crippen LogP contribution in [0.4, 0.5) is 0 Å². The zero-order valence-electron chi connectivity index (χ0n) is 13.8. The SMILES string of the molecule is CC(C)Cc1ccc(C2=C/C(=C/c3ccccc3Cl)C(=O)O2)cc1. The van der Waals surface area contributed by atoms with Crippen LogP contribution in [-0.4, -0.2) is 5.97 Å². The van der Waals surface area contributed by atoms with Crippen molar-refractivity contribution in [1.82, 2.24) is 0 Å². The first-order valence-corrected chi connectivity index (χ1v) is 8.40. The van der Waals surface area contributed by atoms with Crippen LogP contribution in [-0.2, 0) is 16.0 Å². The molecule has 0 fully saturated rings. The minimum Gasteiger partial charge on any atom is -0.422 e. The third-order valence-electron chi connectivity index (χ3n) is 3.82. The largest absolute Gasteiger partial charge is 0.422 e. The molecule has 2 aromatic rings. The molecule has 0 radical (unpaired) electrons. The zero-order valence-corrected chi connectivity index (χ0v) is 14.5. The van der Waals surface area contributed by atoms with Crippen molar-refractivity contribution >= 4 is 29.4 Å². The summed E-state index contributed by atoms with van der Waals surface area (Å²) in [6.45, 7) is 4.39. The van der Waals surface area contributed by atoms with E-state index in [0.717, 1.165) is 17.5 Å². The number of esters is 1. The molecule has 1 aliphatic heterocycles. The summed E-state index contributed by atoms with van der Waals surface area (Å²) in [6.07, 6.45) is 4.56. The number of ether oxygens (including phenoxy) is 1. The molecule has 0 bridgehead atoms. The predicted molar refractivity (Wildman–Crippen MR) is 98.5 cm³/mol. The molecule has 0 aromatic heterocycles. The van der Waals surface area contributed by atoms with Gasteiger partial charge in [-0.1, -0.05) is 67.9 Å². The van der Waals surface area contributed by atoms with E-state index in [1.54, 1.807) is 18.2 Å². The minimum atomic E-state index is -0.351. The second-order valence-electron chi connectivity index (χ2n) is 6.31. The lowest BCUT2D eigenvalue weighted by atomic mass is 10.0. The van der Waals surface area contributed by atoms with Gasteiger partial charge in [0.05, 0.1) is 5.57 Å². The number of hydrogen-bond acceptors (Lipinski definition) is 2. The van der Waals surface area contributed by atoms with Crippen molar-refractivity contribution in [1.29, 1.82) is 0 Å². The molecule has 0 aliphatic carbocycles. The van der Waals surface area contributed by atoms with E-state index < -0.39 is 0 Å². The fourth-order valence-corrected chi connectivity index (χ4v) is 2.86. The zero-order chi connectivity index (χ0) is 17.1. The van der Waals surface area contributed by atoms with E-state index in [0.29, 0.717) is 22.3 Å². The van der Waals surface area contributed by atoms with Gasteiger partial charge in [-0.3, -0.25) is 0 Å². The van der Waals surface area contributed by atoms with E-state index >= 15 is 0 Å². The average Bonchev–Trinajstić information content (AvgIpc) is 2.91. The van der Waals surface area contributed by atoms with Gasteiger partial charge in [-0.05, 0) is 41.7 Å². The Morgan fingerprint density at radius 3 is 2.46 bits per heavy atom. The molecule has 0 amide bonds. The molecule has 24 heavy (non-hydrogen) atoms. The maximum absolute atomic E-state index is 12.1. The van der Waals surface area contributed by atoms with Gasteiger partial charge in [0.1, 0.15) is 5.76 Å². The van der Waals surface area contributed by atoms with Crippen LogP contribution in [0.15, 0.2) is 60.2 Å². The lowest BCUT2D eigenvalue weighted by molar-refractivity contribution is -0.130. The van der Waals surface area contributed by atoms with Crippen LogP contribution in [0.25, 0.3) is 11.8 Å². The third kappa shape index (κ3) is 3.77. The van der Waals surface area contributed by atoms with Gasteiger partial charge in [0.15, 0.2) is 0 Å². The molecule has 0 saturated carbocycles. The Morgan fingerprint density at radius 2 is 1.79 bits per heavy atom. The summed E-state index contributed by atoms with van der Waals surface area (Å²) in [7, 11) is 0. The van der Waals surface area contributed by atoms with Gasteiger partial charge in [0.25, 0.3) is 0 Å². The predicted octanol–water partition coefficient (Wildman–Crippen LogP) is 5.52. The van der Waals surface area contributed by atoms with E-state index in [2.05, 4.69) is 26.0 Å². The van der Waals surface area contributed by atoms with Gasteiger partial charge in [0, 0.05) is 10.6 Å². The summed E-state index contributed by atoms with van der Waals surface area (Å²) >= 11 is 6.15. The highest BCUT2D eigenvalue weighted by Gasteiger charge is 2.22. The van der Waals surface area contributed by atoms with Crippen LogP contribution >= 0.6 is 11.6 Å². The quantitative estimate of drug-likeness (QED) is 0.542. The van der Waals surface area contributed by atoms with Gasteiger partial charge in [-0.15, -0.1) is 0 Å². The Kier molecular flexibility index (Phi) is 4.86. The standard InChI is InChI=1S/C21H19ClO2/c1-14(2)11-15-7-9-16(10-8-15)20-13-18(21(23)24-20)12-17-5-3-4-6-19(17)22/h3-10,12-14H,11H2,1-2H3/b18-12-. The maximum atomic E-state index is 12.1. The van der Waals surface area contributed by atoms with Crippen molar-refractivity contribution in [3.8, 4) is 0 Å². The third-order valence-corrected chi connectivity index (χ3v) is 4.17. The Bertz CT molecular complexity index is 814. The summed E-state index contributed by atoms with van der Waals surface area (Å²) in [5.41, 5.74) is 3.49. The number of halogens is 1. The Hall–Kier alpha value is -2.32. The summed E-state index contributed by atoms with van der Waals surface area (Å²) in [5, 5.41) is 0.609. The van der Waals surface area contributed by atoms with Gasteiger partial charge < -0.3 is 4.74 Å². The molecular formula is C21H19ClO2. The highest BCUT2D eigenvalue weighted by Crippen LogP contribution is 2.29. The molecule has 1 heterocycles. The van der Waals surface area contributed by atoms with Gasteiger partial charge in [-0.2, -0.15) is 0 Å². The molecule has 2 aromatic carbocycles. The Morgan fingerprint density at radius 1 is 1.08 bits per heavy atom. The highest BCUT2D eigenvalue weighted by molar-refractivity contribution is 6.32. The van der Waals surface area contributed by atoms with Crippen molar-refractivity contribution in [2.45, 2.75) is 20.3 Å². The maximum Gasteiger partial charge on any atom is 0.343 e. The average molecular weight is 339 g/mol. The van der Waals surface area contributed by atoms with Crippen LogP contribution in [0.5, 0.6) is 0 Å². The lowest BCUT2D eigenvalue weighted by Crippen LogP contribution is -1.98. The molecular weight excluding hydrogens is 320 g/mol. The van der Waals surface area contributed by atoms with Gasteiger partial charge in [-0.25, -0.2) is 4.79 Å². The topological polar surface area (TPSA) is 26.3 Å². The molecule has 0 saturated heterocycles. The second-order valence-corrected chi connectivity index (χ2v) is 6.72. The van der Waals surface area contributed by atoms with Crippen LogP contribution in [0.2, 0.25) is 5.02 Å². The minimum absolute atomic E-state index is 0.351. The van der Waals surface area contributed by atoms with Crippen molar-refractivity contribution in [3.63, 3.8) is 0 Å². The number of hydrogen-bond donors (Lipinski definition) is 0. The number of cyclic esters (lactones) is 1. The first-order valence-electron chi connectivity index (χ1n) is 8.02. The first-order chi connectivity index (χ1) is 11.5. The molecule has 122 valence electrons. The van der Waals surface area contributed by atoms with E-state index in [-0.39, 0.29) is 5.97 Å². The van der Waals surface area contributed by atoms with E-state index in [1.807, 2.05) is 30.3 Å². The Balaban J connectivity index is 1.85. The van der Waals surface area contributed by atoms with Crippen LogP contribution in [0.3, 0.4) is 0 Å².